The Hall–Kier alpha value is -3.35. The van der Waals surface area contributed by atoms with E-state index in [4.69, 9.17) is 0 Å². The molecule has 0 unspecified atom stereocenters. The maximum absolute atomic E-state index is 13.6. The first kappa shape index (κ1) is 17.5. The molecule has 26 heavy (non-hydrogen) atoms. The minimum Gasteiger partial charge on any atom is -0.380 e. The Labute approximate surface area is 147 Å². The molecule has 2 N–H and O–H groups in total. The van der Waals surface area contributed by atoms with Gasteiger partial charge in [-0.05, 0) is 30.3 Å². The van der Waals surface area contributed by atoms with Crippen LogP contribution in [0.15, 0.2) is 60.8 Å². The van der Waals surface area contributed by atoms with Crippen molar-refractivity contribution < 1.29 is 18.0 Å². The number of amides is 1. The number of benzene rings is 2. The zero-order chi connectivity index (χ0) is 18.5. The molecule has 0 spiro atoms. The second kappa shape index (κ2) is 7.69. The summed E-state index contributed by atoms with van der Waals surface area (Å²) < 4.78 is 40.7. The first-order valence-corrected chi connectivity index (χ1v) is 7.73. The molecule has 1 amide bonds. The van der Waals surface area contributed by atoms with Crippen LogP contribution in [-0.4, -0.2) is 10.9 Å². The Morgan fingerprint density at radius 1 is 0.885 bits per heavy atom. The molecular formula is C19H14F3N3O. The van der Waals surface area contributed by atoms with Crippen LogP contribution in [0.25, 0.3) is 0 Å². The lowest BCUT2D eigenvalue weighted by Crippen LogP contribution is -2.16. The third kappa shape index (κ3) is 4.00. The first-order valence-electron chi connectivity index (χ1n) is 7.73. The molecule has 3 rings (SSSR count). The minimum absolute atomic E-state index is 0.0101. The van der Waals surface area contributed by atoms with E-state index in [0.717, 1.165) is 12.1 Å². The van der Waals surface area contributed by atoms with Crippen molar-refractivity contribution in [2.24, 2.45) is 0 Å². The van der Waals surface area contributed by atoms with Crippen molar-refractivity contribution in [3.05, 3.63) is 89.5 Å². The van der Waals surface area contributed by atoms with E-state index in [0.29, 0.717) is 11.3 Å². The van der Waals surface area contributed by atoms with Crippen LogP contribution in [0.5, 0.6) is 0 Å². The Morgan fingerprint density at radius 2 is 1.58 bits per heavy atom. The second-order valence-corrected chi connectivity index (χ2v) is 5.43. The van der Waals surface area contributed by atoms with E-state index in [2.05, 4.69) is 15.6 Å². The number of carbonyl (C=O) groups excluding carboxylic acids is 1. The van der Waals surface area contributed by atoms with Gasteiger partial charge in [0.05, 0.1) is 11.9 Å². The van der Waals surface area contributed by atoms with Crippen molar-refractivity contribution in [3.63, 3.8) is 0 Å². The fraction of sp³-hybridized carbons (Fsp3) is 0.0526. The predicted molar refractivity (Wildman–Crippen MR) is 92.3 cm³/mol. The highest BCUT2D eigenvalue weighted by Gasteiger charge is 2.14. The van der Waals surface area contributed by atoms with Gasteiger partial charge in [0.1, 0.15) is 28.8 Å². The quantitative estimate of drug-likeness (QED) is 0.713. The van der Waals surface area contributed by atoms with Gasteiger partial charge in [-0.25, -0.2) is 18.2 Å². The zero-order valence-electron chi connectivity index (χ0n) is 13.5. The van der Waals surface area contributed by atoms with E-state index in [1.807, 2.05) is 0 Å². The molecule has 0 saturated carbocycles. The fourth-order valence-corrected chi connectivity index (χ4v) is 2.27. The molecule has 132 valence electrons. The van der Waals surface area contributed by atoms with Gasteiger partial charge in [0.15, 0.2) is 0 Å². The third-order valence-electron chi connectivity index (χ3n) is 3.64. The molecule has 3 aromatic rings. The van der Waals surface area contributed by atoms with Gasteiger partial charge < -0.3 is 10.6 Å². The number of nitrogens with one attached hydrogen (secondary N) is 2. The number of hydrogen-bond donors (Lipinski definition) is 2. The lowest BCUT2D eigenvalue weighted by Gasteiger charge is -2.09. The molecule has 0 radical (unpaired) electrons. The molecule has 1 aromatic heterocycles. The van der Waals surface area contributed by atoms with Gasteiger partial charge in [0, 0.05) is 12.1 Å². The van der Waals surface area contributed by atoms with E-state index >= 15 is 0 Å². The molecule has 0 aliphatic heterocycles. The Balaban J connectivity index is 1.65. The highest BCUT2D eigenvalue weighted by molar-refractivity contribution is 6.03. The minimum atomic E-state index is -0.874. The summed E-state index contributed by atoms with van der Waals surface area (Å²) in [6.07, 6.45) is 1.38. The van der Waals surface area contributed by atoms with Gasteiger partial charge in [-0.3, -0.25) is 4.79 Å². The van der Waals surface area contributed by atoms with E-state index in [1.165, 1.54) is 24.4 Å². The van der Waals surface area contributed by atoms with Crippen molar-refractivity contribution in [1.29, 1.82) is 0 Å². The number of hydrogen-bond acceptors (Lipinski definition) is 3. The molecule has 1 heterocycles. The fourth-order valence-electron chi connectivity index (χ4n) is 2.27. The summed E-state index contributed by atoms with van der Waals surface area (Å²) in [5.41, 5.74) is 0.524. The van der Waals surface area contributed by atoms with Crippen LogP contribution in [0.2, 0.25) is 0 Å². The highest BCUT2D eigenvalue weighted by Crippen LogP contribution is 2.19. The van der Waals surface area contributed by atoms with Crippen molar-refractivity contribution in [2.75, 3.05) is 10.6 Å². The summed E-state index contributed by atoms with van der Waals surface area (Å²) in [4.78, 5) is 16.0. The zero-order valence-corrected chi connectivity index (χ0v) is 13.5. The average molecular weight is 357 g/mol. The van der Waals surface area contributed by atoms with Crippen molar-refractivity contribution >= 4 is 17.3 Å². The molecule has 2 aromatic carbocycles. The monoisotopic (exact) mass is 357 g/mol. The van der Waals surface area contributed by atoms with Crippen molar-refractivity contribution in [2.45, 2.75) is 6.54 Å². The molecule has 0 fully saturated rings. The summed E-state index contributed by atoms with van der Waals surface area (Å²) in [6, 6.07) is 12.6. The van der Waals surface area contributed by atoms with Gasteiger partial charge in [-0.15, -0.1) is 0 Å². The number of carbonyl (C=O) groups is 1. The molecule has 4 nitrogen and oxygen atoms in total. The molecule has 0 bridgehead atoms. The van der Waals surface area contributed by atoms with E-state index in [-0.39, 0.29) is 18.1 Å². The van der Waals surface area contributed by atoms with Crippen molar-refractivity contribution in [1.82, 2.24) is 4.98 Å². The first-order chi connectivity index (χ1) is 12.5. The number of para-hydroxylation sites is 1. The maximum atomic E-state index is 13.6. The number of aromatic nitrogens is 1. The van der Waals surface area contributed by atoms with E-state index < -0.39 is 23.2 Å². The van der Waals surface area contributed by atoms with Crippen LogP contribution in [0.1, 0.15) is 16.1 Å². The van der Waals surface area contributed by atoms with Crippen LogP contribution < -0.4 is 10.6 Å². The van der Waals surface area contributed by atoms with Crippen LogP contribution in [0.4, 0.5) is 24.5 Å². The van der Waals surface area contributed by atoms with Gasteiger partial charge >= 0.3 is 0 Å². The summed E-state index contributed by atoms with van der Waals surface area (Å²) in [7, 11) is 0. The van der Waals surface area contributed by atoms with Gasteiger partial charge in [-0.1, -0.05) is 24.3 Å². The predicted octanol–water partition coefficient (Wildman–Crippen LogP) is 4.36. The van der Waals surface area contributed by atoms with E-state index in [1.54, 1.807) is 24.3 Å². The van der Waals surface area contributed by atoms with Crippen LogP contribution >= 0.6 is 0 Å². The SMILES string of the molecule is O=C(Nc1c(F)cccc1F)c1ccc(NCc2ccccc2F)cn1. The van der Waals surface area contributed by atoms with Gasteiger partial charge in [-0.2, -0.15) is 0 Å². The average Bonchev–Trinajstić information content (AvgIpc) is 2.64. The summed E-state index contributed by atoms with van der Waals surface area (Å²) in [5, 5.41) is 5.14. The molecule has 0 saturated heterocycles. The maximum Gasteiger partial charge on any atom is 0.274 e. The number of anilines is 2. The molecule has 0 aliphatic rings. The number of halogens is 3. The lowest BCUT2D eigenvalue weighted by atomic mass is 10.2. The van der Waals surface area contributed by atoms with Gasteiger partial charge in [0.2, 0.25) is 0 Å². The number of nitrogens with zero attached hydrogens (tertiary/aromatic N) is 1. The molecule has 7 heteroatoms. The Morgan fingerprint density at radius 3 is 2.23 bits per heavy atom. The Bertz CT molecular complexity index is 909. The summed E-state index contributed by atoms with van der Waals surface area (Å²) >= 11 is 0. The topological polar surface area (TPSA) is 54.0 Å². The number of pyridine rings is 1. The van der Waals surface area contributed by atoms with E-state index in [9.17, 15) is 18.0 Å². The normalized spacial score (nSPS) is 10.4. The van der Waals surface area contributed by atoms with Crippen LogP contribution in [0.3, 0.4) is 0 Å². The smallest absolute Gasteiger partial charge is 0.274 e. The van der Waals surface area contributed by atoms with Crippen molar-refractivity contribution in [3.8, 4) is 0 Å². The number of rotatable bonds is 5. The third-order valence-corrected chi connectivity index (χ3v) is 3.64. The summed E-state index contributed by atoms with van der Waals surface area (Å²) in [5.74, 6) is -2.81. The van der Waals surface area contributed by atoms with Crippen LogP contribution in [0, 0.1) is 17.5 Å². The lowest BCUT2D eigenvalue weighted by molar-refractivity contribution is 0.102. The molecule has 0 aliphatic carbocycles. The summed E-state index contributed by atoms with van der Waals surface area (Å²) in [6.45, 7) is 0.250. The highest BCUT2D eigenvalue weighted by atomic mass is 19.1. The Kier molecular flexibility index (Phi) is 5.17. The largest absolute Gasteiger partial charge is 0.380 e. The molecule has 0 atom stereocenters. The standard InChI is InChI=1S/C19H14F3N3O/c20-14-5-2-1-4-12(14)10-23-13-8-9-17(24-11-13)19(26)25-18-15(21)6-3-7-16(18)22/h1-9,11,23H,10H2,(H,25,26). The van der Waals surface area contributed by atoms with Gasteiger partial charge in [0.25, 0.3) is 5.91 Å². The van der Waals surface area contributed by atoms with Crippen LogP contribution in [-0.2, 0) is 6.54 Å². The second-order valence-electron chi connectivity index (χ2n) is 5.43. The molecular weight excluding hydrogens is 343 g/mol.